The molecule has 0 aliphatic carbocycles. The molecular formula is C15H29N3. The molecular weight excluding hydrogens is 222 g/mol. The third-order valence-corrected chi connectivity index (χ3v) is 5.58. The molecule has 0 spiro atoms. The van der Waals surface area contributed by atoms with E-state index in [0.29, 0.717) is 0 Å². The van der Waals surface area contributed by atoms with Crippen molar-refractivity contribution >= 4 is 0 Å². The molecule has 3 fully saturated rings. The molecule has 3 heteroatoms. The summed E-state index contributed by atoms with van der Waals surface area (Å²) in [4.78, 5) is 5.49. The van der Waals surface area contributed by atoms with E-state index in [4.69, 9.17) is 0 Å². The molecule has 0 aromatic heterocycles. The normalized spacial score (nSPS) is 41.7. The number of fused-ring (bicyclic) bond motifs is 2. The van der Waals surface area contributed by atoms with Crippen LogP contribution in [0.1, 0.15) is 39.0 Å². The summed E-state index contributed by atoms with van der Waals surface area (Å²) in [5.41, 5.74) is 0. The van der Waals surface area contributed by atoms with E-state index in [-0.39, 0.29) is 0 Å². The summed E-state index contributed by atoms with van der Waals surface area (Å²) in [6, 6.07) is 2.56. The molecule has 3 atom stereocenters. The summed E-state index contributed by atoms with van der Waals surface area (Å²) in [7, 11) is 2.13. The summed E-state index contributed by atoms with van der Waals surface area (Å²) in [5, 5.41) is 3.50. The van der Waals surface area contributed by atoms with Crippen LogP contribution in [0.3, 0.4) is 0 Å². The molecule has 3 rings (SSSR count). The second-order valence-corrected chi connectivity index (χ2v) is 6.59. The molecule has 18 heavy (non-hydrogen) atoms. The zero-order valence-corrected chi connectivity index (χ0v) is 12.1. The van der Waals surface area contributed by atoms with Crippen LogP contribution in [-0.2, 0) is 0 Å². The van der Waals surface area contributed by atoms with Crippen LogP contribution >= 0.6 is 0 Å². The molecule has 0 amide bonds. The first kappa shape index (κ1) is 12.9. The Kier molecular flexibility index (Phi) is 3.92. The van der Waals surface area contributed by atoms with E-state index in [0.717, 1.165) is 24.0 Å². The number of nitrogens with zero attached hydrogens (tertiary/aromatic N) is 2. The molecule has 3 aliphatic rings. The average molecular weight is 251 g/mol. The Balaban J connectivity index is 1.55. The second-order valence-electron chi connectivity index (χ2n) is 6.59. The van der Waals surface area contributed by atoms with Crippen LogP contribution in [0.2, 0.25) is 0 Å². The van der Waals surface area contributed by atoms with Crippen molar-refractivity contribution in [1.82, 2.24) is 15.1 Å². The van der Waals surface area contributed by atoms with E-state index in [1.807, 2.05) is 0 Å². The zero-order chi connectivity index (χ0) is 12.5. The molecule has 3 saturated heterocycles. The number of hydrogen-bond donors (Lipinski definition) is 1. The molecule has 104 valence electrons. The Bertz CT molecular complexity index is 267. The van der Waals surface area contributed by atoms with Gasteiger partial charge in [-0.3, -0.25) is 4.90 Å². The average Bonchev–Trinajstić information content (AvgIpc) is 2.93. The number of likely N-dealkylation sites (tertiary alicyclic amines) is 1. The first-order valence-corrected chi connectivity index (χ1v) is 7.95. The van der Waals surface area contributed by atoms with Crippen molar-refractivity contribution in [3.05, 3.63) is 0 Å². The Morgan fingerprint density at radius 1 is 1.11 bits per heavy atom. The van der Waals surface area contributed by atoms with Gasteiger partial charge in [-0.2, -0.15) is 0 Å². The van der Waals surface area contributed by atoms with Crippen LogP contribution in [0.5, 0.6) is 0 Å². The Morgan fingerprint density at radius 2 is 1.83 bits per heavy atom. The van der Waals surface area contributed by atoms with Gasteiger partial charge in [0.05, 0.1) is 0 Å². The highest BCUT2D eigenvalue weighted by Gasteiger charge is 2.41. The second kappa shape index (κ2) is 5.48. The lowest BCUT2D eigenvalue weighted by molar-refractivity contribution is 0.100. The van der Waals surface area contributed by atoms with E-state index < -0.39 is 0 Å². The fourth-order valence-corrected chi connectivity index (χ4v) is 4.46. The zero-order valence-electron chi connectivity index (χ0n) is 12.1. The maximum Gasteiger partial charge on any atom is 0.0114 e. The summed E-state index contributed by atoms with van der Waals surface area (Å²) < 4.78 is 0. The quantitative estimate of drug-likeness (QED) is 0.818. The molecule has 2 bridgehead atoms. The molecule has 3 unspecified atom stereocenters. The van der Waals surface area contributed by atoms with Crippen LogP contribution in [0.15, 0.2) is 0 Å². The van der Waals surface area contributed by atoms with Gasteiger partial charge in [-0.1, -0.05) is 6.92 Å². The van der Waals surface area contributed by atoms with E-state index >= 15 is 0 Å². The van der Waals surface area contributed by atoms with Gasteiger partial charge in [0.1, 0.15) is 0 Å². The van der Waals surface area contributed by atoms with Crippen molar-refractivity contribution in [3.8, 4) is 0 Å². The Hall–Kier alpha value is -0.120. The van der Waals surface area contributed by atoms with E-state index in [2.05, 4.69) is 29.1 Å². The van der Waals surface area contributed by atoms with Gasteiger partial charge >= 0.3 is 0 Å². The molecule has 3 heterocycles. The van der Waals surface area contributed by atoms with Crippen molar-refractivity contribution in [1.29, 1.82) is 0 Å². The third kappa shape index (κ3) is 2.45. The maximum absolute atomic E-state index is 3.50. The molecule has 0 aromatic rings. The van der Waals surface area contributed by atoms with Crippen LogP contribution < -0.4 is 5.32 Å². The Labute approximate surface area is 112 Å². The largest absolute Gasteiger partial charge is 0.317 e. The minimum atomic E-state index is 0.787. The lowest BCUT2D eigenvalue weighted by atomic mass is 9.95. The molecule has 3 aliphatic heterocycles. The minimum absolute atomic E-state index is 0.787. The van der Waals surface area contributed by atoms with Crippen molar-refractivity contribution in [2.75, 3.05) is 33.2 Å². The van der Waals surface area contributed by atoms with Crippen LogP contribution in [0.25, 0.3) is 0 Å². The highest BCUT2D eigenvalue weighted by Crippen LogP contribution is 2.36. The first-order chi connectivity index (χ1) is 8.80. The van der Waals surface area contributed by atoms with Crippen molar-refractivity contribution in [2.24, 2.45) is 5.92 Å². The maximum atomic E-state index is 3.50. The van der Waals surface area contributed by atoms with Crippen LogP contribution in [0.4, 0.5) is 0 Å². The highest BCUT2D eigenvalue weighted by molar-refractivity contribution is 4.98. The fraction of sp³-hybridized carbons (Fsp3) is 1.00. The SMILES string of the molecule is CCN1CCC(CN2C3CCC2CC(NC)C3)C1. The number of piperidine rings is 1. The van der Waals surface area contributed by atoms with Crippen molar-refractivity contribution < 1.29 is 0 Å². The number of nitrogens with one attached hydrogen (secondary N) is 1. The topological polar surface area (TPSA) is 18.5 Å². The number of hydrogen-bond acceptors (Lipinski definition) is 3. The predicted molar refractivity (Wildman–Crippen MR) is 75.8 cm³/mol. The van der Waals surface area contributed by atoms with Crippen molar-refractivity contribution in [3.63, 3.8) is 0 Å². The van der Waals surface area contributed by atoms with Crippen LogP contribution in [0, 0.1) is 5.92 Å². The summed E-state index contributed by atoms with van der Waals surface area (Å²) >= 11 is 0. The standard InChI is InChI=1S/C15H29N3/c1-3-17-7-6-12(10-17)11-18-14-4-5-15(18)9-13(8-14)16-2/h12-16H,3-11H2,1-2H3. The Morgan fingerprint density at radius 3 is 2.39 bits per heavy atom. The highest BCUT2D eigenvalue weighted by atomic mass is 15.2. The summed E-state index contributed by atoms with van der Waals surface area (Å²) in [6.45, 7) is 7.60. The number of rotatable bonds is 4. The fourth-order valence-electron chi connectivity index (χ4n) is 4.46. The monoisotopic (exact) mass is 251 g/mol. The van der Waals surface area contributed by atoms with Gasteiger partial charge in [-0.15, -0.1) is 0 Å². The minimum Gasteiger partial charge on any atom is -0.317 e. The van der Waals surface area contributed by atoms with Gasteiger partial charge in [-0.25, -0.2) is 0 Å². The third-order valence-electron chi connectivity index (χ3n) is 5.58. The lowest BCUT2D eigenvalue weighted by Gasteiger charge is -2.40. The van der Waals surface area contributed by atoms with Gasteiger partial charge in [0.2, 0.25) is 0 Å². The lowest BCUT2D eigenvalue weighted by Crippen LogP contribution is -2.50. The van der Waals surface area contributed by atoms with Gasteiger partial charge in [-0.05, 0) is 58.2 Å². The van der Waals surface area contributed by atoms with E-state index in [9.17, 15) is 0 Å². The molecule has 0 radical (unpaired) electrons. The summed E-state index contributed by atoms with van der Waals surface area (Å²) in [5.74, 6) is 0.944. The molecule has 1 N–H and O–H groups in total. The summed E-state index contributed by atoms with van der Waals surface area (Å²) in [6.07, 6.45) is 7.10. The molecule has 3 nitrogen and oxygen atoms in total. The molecule has 0 saturated carbocycles. The predicted octanol–water partition coefficient (Wildman–Crippen LogP) is 1.54. The van der Waals surface area contributed by atoms with Gasteiger partial charge in [0.15, 0.2) is 0 Å². The smallest absolute Gasteiger partial charge is 0.0114 e. The molecule has 0 aromatic carbocycles. The van der Waals surface area contributed by atoms with E-state index in [1.165, 1.54) is 58.3 Å². The van der Waals surface area contributed by atoms with Crippen LogP contribution in [-0.4, -0.2) is 61.2 Å². The van der Waals surface area contributed by atoms with Gasteiger partial charge in [0, 0.05) is 31.2 Å². The van der Waals surface area contributed by atoms with Gasteiger partial charge in [0.25, 0.3) is 0 Å². The first-order valence-electron chi connectivity index (χ1n) is 7.95. The van der Waals surface area contributed by atoms with E-state index in [1.54, 1.807) is 0 Å². The van der Waals surface area contributed by atoms with Crippen molar-refractivity contribution in [2.45, 2.75) is 57.2 Å². The van der Waals surface area contributed by atoms with Gasteiger partial charge < -0.3 is 10.2 Å².